The van der Waals surface area contributed by atoms with Crippen molar-refractivity contribution in [2.45, 2.75) is 63.5 Å². The Morgan fingerprint density at radius 1 is 1.14 bits per heavy atom. The van der Waals surface area contributed by atoms with Crippen molar-refractivity contribution < 1.29 is 14.7 Å². The smallest absolute Gasteiger partial charge is 0.357 e. The van der Waals surface area contributed by atoms with E-state index in [0.29, 0.717) is 5.56 Å². The molecule has 1 aromatic carbocycles. The molecule has 0 spiro atoms. The molecule has 0 amide bonds. The van der Waals surface area contributed by atoms with Crippen LogP contribution < -0.4 is 5.48 Å². The summed E-state index contributed by atoms with van der Waals surface area (Å²) >= 11 is 0. The SMILES string of the molecule is CC1(C)NOC(=O)c2ccc(C3(O)CCCCCC3)cc21. The molecule has 2 aliphatic rings. The van der Waals surface area contributed by atoms with Crippen molar-refractivity contribution in [2.24, 2.45) is 0 Å². The van der Waals surface area contributed by atoms with Gasteiger partial charge in [-0.3, -0.25) is 0 Å². The van der Waals surface area contributed by atoms with Gasteiger partial charge in [-0.1, -0.05) is 37.8 Å². The molecular formula is C17H23NO3. The van der Waals surface area contributed by atoms with E-state index in [1.807, 2.05) is 26.0 Å². The van der Waals surface area contributed by atoms with Crippen molar-refractivity contribution in [1.82, 2.24) is 5.48 Å². The Morgan fingerprint density at radius 3 is 2.48 bits per heavy atom. The minimum absolute atomic E-state index is 0.358. The summed E-state index contributed by atoms with van der Waals surface area (Å²) in [6, 6.07) is 5.65. The summed E-state index contributed by atoms with van der Waals surface area (Å²) in [6.45, 7) is 3.94. The summed E-state index contributed by atoms with van der Waals surface area (Å²) in [7, 11) is 0. The predicted octanol–water partition coefficient (Wildman–Crippen LogP) is 3.14. The first-order valence-electron chi connectivity index (χ1n) is 7.78. The van der Waals surface area contributed by atoms with Crippen molar-refractivity contribution in [3.8, 4) is 0 Å². The highest BCUT2D eigenvalue weighted by molar-refractivity contribution is 5.92. The lowest BCUT2D eigenvalue weighted by molar-refractivity contribution is -0.00878. The minimum atomic E-state index is -0.761. The number of hydrogen-bond acceptors (Lipinski definition) is 4. The molecule has 4 nitrogen and oxygen atoms in total. The maximum atomic E-state index is 11.8. The standard InChI is InChI=1S/C17H23NO3/c1-16(2)14-11-12(7-8-13(14)15(19)21-18-16)17(20)9-5-3-4-6-10-17/h7-8,11,18,20H,3-6,9-10H2,1-2H3. The second-order valence-electron chi connectivity index (χ2n) is 6.82. The molecule has 1 fully saturated rings. The van der Waals surface area contributed by atoms with Crippen LogP contribution in [0, 0.1) is 0 Å². The molecular weight excluding hydrogens is 266 g/mol. The third kappa shape index (κ3) is 2.58. The van der Waals surface area contributed by atoms with Gasteiger partial charge in [0.25, 0.3) is 0 Å². The zero-order chi connectivity index (χ0) is 15.1. The lowest BCUT2D eigenvalue weighted by Crippen LogP contribution is -2.44. The van der Waals surface area contributed by atoms with Crippen LogP contribution in [0.5, 0.6) is 0 Å². The Bertz CT molecular complexity index is 557. The largest absolute Gasteiger partial charge is 0.385 e. The number of carbonyl (C=O) groups is 1. The van der Waals surface area contributed by atoms with Crippen LogP contribution in [0.2, 0.25) is 0 Å². The number of hydroxylamine groups is 1. The van der Waals surface area contributed by atoms with Gasteiger partial charge >= 0.3 is 5.97 Å². The number of hydrogen-bond donors (Lipinski definition) is 2. The van der Waals surface area contributed by atoms with Crippen LogP contribution >= 0.6 is 0 Å². The topological polar surface area (TPSA) is 58.6 Å². The van der Waals surface area contributed by atoms with Crippen LogP contribution in [0.15, 0.2) is 18.2 Å². The summed E-state index contributed by atoms with van der Waals surface area (Å²) in [5.74, 6) is -0.358. The van der Waals surface area contributed by atoms with Gasteiger partial charge in [-0.25, -0.2) is 4.79 Å². The van der Waals surface area contributed by atoms with Gasteiger partial charge in [0.05, 0.1) is 16.7 Å². The molecule has 1 aliphatic carbocycles. The van der Waals surface area contributed by atoms with E-state index in [1.54, 1.807) is 6.07 Å². The maximum Gasteiger partial charge on any atom is 0.357 e. The Morgan fingerprint density at radius 2 is 1.81 bits per heavy atom. The molecule has 1 saturated carbocycles. The van der Waals surface area contributed by atoms with E-state index in [9.17, 15) is 9.90 Å². The van der Waals surface area contributed by atoms with Gasteiger partial charge in [-0.05, 0) is 43.9 Å². The third-order valence-corrected chi connectivity index (χ3v) is 4.78. The van der Waals surface area contributed by atoms with Crippen LogP contribution in [0.1, 0.15) is 73.9 Å². The van der Waals surface area contributed by atoms with Crippen molar-refractivity contribution in [3.05, 3.63) is 34.9 Å². The number of aliphatic hydroxyl groups is 1. The van der Waals surface area contributed by atoms with Gasteiger partial charge in [-0.2, -0.15) is 0 Å². The number of nitrogens with one attached hydrogen (secondary N) is 1. The number of rotatable bonds is 1. The zero-order valence-corrected chi connectivity index (χ0v) is 12.7. The lowest BCUT2D eigenvalue weighted by Gasteiger charge is -2.34. The number of fused-ring (bicyclic) bond motifs is 1. The average Bonchev–Trinajstić information content (AvgIpc) is 2.69. The fraction of sp³-hybridized carbons (Fsp3) is 0.588. The van der Waals surface area contributed by atoms with E-state index in [1.165, 1.54) is 12.8 Å². The summed E-state index contributed by atoms with van der Waals surface area (Å²) in [5.41, 5.74) is 3.99. The highest BCUT2D eigenvalue weighted by Crippen LogP contribution is 2.38. The molecule has 1 aromatic rings. The maximum absolute atomic E-state index is 11.8. The van der Waals surface area contributed by atoms with Gasteiger partial charge in [0.1, 0.15) is 0 Å². The van der Waals surface area contributed by atoms with Crippen LogP contribution in [0.25, 0.3) is 0 Å². The Hall–Kier alpha value is -1.39. The molecule has 4 heteroatoms. The molecule has 21 heavy (non-hydrogen) atoms. The van der Waals surface area contributed by atoms with Gasteiger partial charge < -0.3 is 9.94 Å². The number of carbonyl (C=O) groups excluding carboxylic acids is 1. The van der Waals surface area contributed by atoms with Crippen LogP contribution in [-0.4, -0.2) is 11.1 Å². The highest BCUT2D eigenvalue weighted by Gasteiger charge is 2.36. The molecule has 0 bridgehead atoms. The van der Waals surface area contributed by atoms with Crippen molar-refractivity contribution in [1.29, 1.82) is 0 Å². The fourth-order valence-corrected chi connectivity index (χ4v) is 3.41. The summed E-state index contributed by atoms with van der Waals surface area (Å²) in [6.07, 6.45) is 6.07. The average molecular weight is 289 g/mol. The molecule has 0 radical (unpaired) electrons. The van der Waals surface area contributed by atoms with Crippen molar-refractivity contribution in [3.63, 3.8) is 0 Å². The molecule has 0 unspecified atom stereocenters. The molecule has 0 saturated heterocycles. The van der Waals surface area contributed by atoms with Gasteiger partial charge in [-0.15, -0.1) is 5.48 Å². The monoisotopic (exact) mass is 289 g/mol. The molecule has 0 aromatic heterocycles. The predicted molar refractivity (Wildman–Crippen MR) is 79.6 cm³/mol. The first-order chi connectivity index (χ1) is 9.92. The van der Waals surface area contributed by atoms with E-state index >= 15 is 0 Å². The normalized spacial score (nSPS) is 23.9. The molecule has 1 aliphatic heterocycles. The molecule has 0 atom stereocenters. The molecule has 3 rings (SSSR count). The second kappa shape index (κ2) is 5.11. The quantitative estimate of drug-likeness (QED) is 0.780. The minimum Gasteiger partial charge on any atom is -0.385 e. The first-order valence-corrected chi connectivity index (χ1v) is 7.78. The zero-order valence-electron chi connectivity index (χ0n) is 12.7. The summed E-state index contributed by atoms with van der Waals surface area (Å²) < 4.78 is 0. The first kappa shape index (κ1) is 14.5. The Balaban J connectivity index is 2.04. The van der Waals surface area contributed by atoms with E-state index in [-0.39, 0.29) is 5.97 Å². The van der Waals surface area contributed by atoms with E-state index in [2.05, 4.69) is 5.48 Å². The van der Waals surface area contributed by atoms with Gasteiger partial charge in [0, 0.05) is 0 Å². The third-order valence-electron chi connectivity index (χ3n) is 4.78. The van der Waals surface area contributed by atoms with Crippen LogP contribution in [0.4, 0.5) is 0 Å². The highest BCUT2D eigenvalue weighted by atomic mass is 16.7. The van der Waals surface area contributed by atoms with E-state index in [0.717, 1.165) is 36.8 Å². The van der Waals surface area contributed by atoms with E-state index in [4.69, 9.17) is 4.84 Å². The summed E-state index contributed by atoms with van der Waals surface area (Å²) in [5, 5.41) is 11.0. The summed E-state index contributed by atoms with van der Waals surface area (Å²) in [4.78, 5) is 16.8. The second-order valence-corrected chi connectivity index (χ2v) is 6.82. The molecule has 1 heterocycles. The molecule has 114 valence electrons. The van der Waals surface area contributed by atoms with Crippen LogP contribution in [-0.2, 0) is 16.0 Å². The number of benzene rings is 1. The Labute approximate surface area is 125 Å². The Kier molecular flexibility index (Phi) is 3.54. The van der Waals surface area contributed by atoms with Crippen molar-refractivity contribution in [2.75, 3.05) is 0 Å². The van der Waals surface area contributed by atoms with Gasteiger partial charge in [0.2, 0.25) is 0 Å². The van der Waals surface area contributed by atoms with E-state index < -0.39 is 11.1 Å². The van der Waals surface area contributed by atoms with Gasteiger partial charge in [0.15, 0.2) is 0 Å². The lowest BCUT2D eigenvalue weighted by atomic mass is 9.81. The molecule has 2 N–H and O–H groups in total. The fourth-order valence-electron chi connectivity index (χ4n) is 3.41. The van der Waals surface area contributed by atoms with Crippen molar-refractivity contribution >= 4 is 5.97 Å². The van der Waals surface area contributed by atoms with Crippen LogP contribution in [0.3, 0.4) is 0 Å².